The van der Waals surface area contributed by atoms with Crippen molar-refractivity contribution < 1.29 is 4.79 Å². The molecule has 30 heavy (non-hydrogen) atoms. The fraction of sp³-hybridized carbons (Fsp3) is 0.136. The quantitative estimate of drug-likeness (QED) is 0.512. The summed E-state index contributed by atoms with van der Waals surface area (Å²) >= 11 is 6.03. The molecule has 1 fully saturated rings. The number of nitrogens with zero attached hydrogens (tertiary/aromatic N) is 5. The highest BCUT2D eigenvalue weighted by molar-refractivity contribution is 6.30. The summed E-state index contributed by atoms with van der Waals surface area (Å²) in [5.74, 6) is 0.509. The first-order valence-corrected chi connectivity index (χ1v) is 9.93. The lowest BCUT2D eigenvalue weighted by molar-refractivity contribution is 0.102. The Hall–Kier alpha value is -3.58. The van der Waals surface area contributed by atoms with Crippen LogP contribution in [-0.4, -0.2) is 30.6 Å². The largest absolute Gasteiger partial charge is 0.321 e. The molecular weight excluding hydrogens is 400 g/mol. The van der Waals surface area contributed by atoms with Crippen LogP contribution in [0.2, 0.25) is 5.02 Å². The van der Waals surface area contributed by atoms with E-state index in [1.807, 2.05) is 30.3 Å². The van der Waals surface area contributed by atoms with Gasteiger partial charge in [-0.25, -0.2) is 0 Å². The molecule has 0 bridgehead atoms. The van der Waals surface area contributed by atoms with Gasteiger partial charge >= 0.3 is 0 Å². The van der Waals surface area contributed by atoms with Crippen LogP contribution in [0, 0.1) is 0 Å². The highest BCUT2D eigenvalue weighted by Gasteiger charge is 2.26. The molecule has 1 N–H and O–H groups in total. The van der Waals surface area contributed by atoms with Gasteiger partial charge in [-0.15, -0.1) is 10.2 Å². The molecule has 1 aliphatic carbocycles. The molecule has 1 aliphatic rings. The normalized spacial score (nSPS) is 13.2. The molecule has 3 heterocycles. The number of nitrogens with one attached hydrogen (secondary N) is 1. The van der Waals surface area contributed by atoms with Gasteiger partial charge in [0.2, 0.25) is 0 Å². The van der Waals surface area contributed by atoms with Crippen molar-refractivity contribution in [2.24, 2.45) is 0 Å². The minimum absolute atomic E-state index is 0.298. The minimum Gasteiger partial charge on any atom is -0.321 e. The lowest BCUT2D eigenvalue weighted by atomic mass is 10.1. The minimum atomic E-state index is -0.298. The number of anilines is 1. The second kappa shape index (κ2) is 7.68. The van der Waals surface area contributed by atoms with Gasteiger partial charge in [0.1, 0.15) is 12.0 Å². The molecule has 0 aliphatic heterocycles. The summed E-state index contributed by atoms with van der Waals surface area (Å²) in [6, 6.07) is 13.4. The molecule has 4 aromatic rings. The second-order valence-corrected chi connectivity index (χ2v) is 7.59. The van der Waals surface area contributed by atoms with E-state index >= 15 is 0 Å². The predicted octanol–water partition coefficient (Wildman–Crippen LogP) is 4.64. The molecule has 0 atom stereocenters. The Kier molecular flexibility index (Phi) is 4.72. The fourth-order valence-electron chi connectivity index (χ4n) is 3.30. The van der Waals surface area contributed by atoms with E-state index in [2.05, 4.69) is 30.0 Å². The summed E-state index contributed by atoms with van der Waals surface area (Å²) in [4.78, 5) is 21.1. The number of hydrogen-bond acceptors (Lipinski definition) is 5. The van der Waals surface area contributed by atoms with Gasteiger partial charge in [0.05, 0.1) is 5.02 Å². The Morgan fingerprint density at radius 1 is 1.07 bits per heavy atom. The van der Waals surface area contributed by atoms with Crippen molar-refractivity contribution in [1.29, 1.82) is 0 Å². The lowest BCUT2D eigenvalue weighted by Gasteiger charge is -2.09. The number of hydrogen-bond donors (Lipinski definition) is 1. The number of carbonyl (C=O) groups excluding carboxylic acids is 1. The SMILES string of the molecule is O=C(Nc1cccc(-c2nncn2C2CC2)c1)c1cc(-c2cncc(Cl)c2)ccn1. The maximum absolute atomic E-state index is 12.8. The summed E-state index contributed by atoms with van der Waals surface area (Å²) in [6.45, 7) is 0. The number of halogens is 1. The van der Waals surface area contributed by atoms with E-state index in [9.17, 15) is 4.79 Å². The molecule has 3 aromatic heterocycles. The van der Waals surface area contributed by atoms with E-state index in [4.69, 9.17) is 11.6 Å². The lowest BCUT2D eigenvalue weighted by Crippen LogP contribution is -2.13. The fourth-order valence-corrected chi connectivity index (χ4v) is 3.48. The molecule has 1 aromatic carbocycles. The van der Waals surface area contributed by atoms with Crippen molar-refractivity contribution >= 4 is 23.2 Å². The van der Waals surface area contributed by atoms with E-state index < -0.39 is 0 Å². The van der Waals surface area contributed by atoms with Crippen LogP contribution in [0.25, 0.3) is 22.5 Å². The van der Waals surface area contributed by atoms with Crippen molar-refractivity contribution in [1.82, 2.24) is 24.7 Å². The van der Waals surface area contributed by atoms with Crippen LogP contribution in [0.15, 0.2) is 67.4 Å². The Morgan fingerprint density at radius 3 is 2.80 bits per heavy atom. The molecule has 148 valence electrons. The number of rotatable bonds is 5. The van der Waals surface area contributed by atoms with Crippen molar-refractivity contribution in [3.8, 4) is 22.5 Å². The van der Waals surface area contributed by atoms with E-state index in [1.54, 1.807) is 37.1 Å². The average molecular weight is 417 g/mol. The van der Waals surface area contributed by atoms with Gasteiger partial charge < -0.3 is 9.88 Å². The van der Waals surface area contributed by atoms with Crippen molar-refractivity contribution in [2.75, 3.05) is 5.32 Å². The third-order valence-corrected chi connectivity index (χ3v) is 5.13. The second-order valence-electron chi connectivity index (χ2n) is 7.15. The first-order valence-electron chi connectivity index (χ1n) is 9.56. The van der Waals surface area contributed by atoms with Crippen LogP contribution in [-0.2, 0) is 0 Å². The predicted molar refractivity (Wildman–Crippen MR) is 114 cm³/mol. The van der Waals surface area contributed by atoms with Gasteiger partial charge in [-0.3, -0.25) is 14.8 Å². The Labute approximate surface area is 177 Å². The highest BCUT2D eigenvalue weighted by atomic mass is 35.5. The van der Waals surface area contributed by atoms with Gasteiger partial charge in [-0.2, -0.15) is 0 Å². The summed E-state index contributed by atoms with van der Waals surface area (Å²) in [7, 11) is 0. The highest BCUT2D eigenvalue weighted by Crippen LogP contribution is 2.37. The maximum atomic E-state index is 12.8. The first kappa shape index (κ1) is 18.4. The zero-order chi connectivity index (χ0) is 20.5. The molecule has 1 saturated carbocycles. The summed E-state index contributed by atoms with van der Waals surface area (Å²) in [6.07, 6.45) is 8.91. The van der Waals surface area contributed by atoms with Crippen LogP contribution in [0.1, 0.15) is 29.4 Å². The van der Waals surface area contributed by atoms with Gasteiger partial charge in [-0.05, 0) is 48.7 Å². The number of amides is 1. The van der Waals surface area contributed by atoms with E-state index in [0.29, 0.717) is 22.4 Å². The zero-order valence-corrected chi connectivity index (χ0v) is 16.6. The van der Waals surface area contributed by atoms with E-state index in [0.717, 1.165) is 35.4 Å². The monoisotopic (exact) mass is 416 g/mol. The third kappa shape index (κ3) is 3.79. The zero-order valence-electron chi connectivity index (χ0n) is 15.9. The summed E-state index contributed by atoms with van der Waals surface area (Å²) in [5.41, 5.74) is 3.51. The molecule has 1 amide bonds. The van der Waals surface area contributed by atoms with Crippen LogP contribution >= 0.6 is 11.6 Å². The van der Waals surface area contributed by atoms with Gasteiger partial charge in [0, 0.05) is 41.4 Å². The average Bonchev–Trinajstić information content (AvgIpc) is 3.50. The van der Waals surface area contributed by atoms with Crippen LogP contribution in [0.5, 0.6) is 0 Å². The molecule has 0 unspecified atom stereocenters. The first-order chi connectivity index (χ1) is 14.7. The van der Waals surface area contributed by atoms with Crippen molar-refractivity contribution in [2.45, 2.75) is 18.9 Å². The van der Waals surface area contributed by atoms with Gasteiger partial charge in [0.25, 0.3) is 5.91 Å². The standard InChI is InChI=1S/C22H17ClN6O/c23-17-8-16(11-24-12-17)14-6-7-25-20(10-14)22(30)27-18-3-1-2-15(9-18)21-28-26-13-29(21)19-4-5-19/h1-3,6-13,19H,4-5H2,(H,27,30). The Morgan fingerprint density at radius 2 is 1.97 bits per heavy atom. The van der Waals surface area contributed by atoms with Gasteiger partial charge in [0.15, 0.2) is 5.82 Å². The number of carbonyl (C=O) groups is 1. The van der Waals surface area contributed by atoms with Crippen molar-refractivity contribution in [3.63, 3.8) is 0 Å². The van der Waals surface area contributed by atoms with Crippen molar-refractivity contribution in [3.05, 3.63) is 78.1 Å². The summed E-state index contributed by atoms with van der Waals surface area (Å²) < 4.78 is 2.09. The maximum Gasteiger partial charge on any atom is 0.274 e. The van der Waals surface area contributed by atoms with Crippen LogP contribution in [0.4, 0.5) is 5.69 Å². The molecule has 0 radical (unpaired) electrons. The van der Waals surface area contributed by atoms with E-state index in [-0.39, 0.29) is 5.91 Å². The van der Waals surface area contributed by atoms with Gasteiger partial charge in [-0.1, -0.05) is 23.7 Å². The number of aromatic nitrogens is 5. The molecule has 5 rings (SSSR count). The summed E-state index contributed by atoms with van der Waals surface area (Å²) in [5, 5.41) is 11.7. The van der Waals surface area contributed by atoms with E-state index in [1.165, 1.54) is 0 Å². The van der Waals surface area contributed by atoms with Crippen LogP contribution in [0.3, 0.4) is 0 Å². The third-order valence-electron chi connectivity index (χ3n) is 4.92. The molecular formula is C22H17ClN6O. The molecule has 8 heteroatoms. The molecule has 7 nitrogen and oxygen atoms in total. The van der Waals surface area contributed by atoms with Crippen LogP contribution < -0.4 is 5.32 Å². The Balaban J connectivity index is 1.38. The number of pyridine rings is 2. The molecule has 0 spiro atoms. The Bertz CT molecular complexity index is 1230. The number of benzene rings is 1. The molecule has 0 saturated heterocycles. The smallest absolute Gasteiger partial charge is 0.274 e. The topological polar surface area (TPSA) is 85.6 Å².